The van der Waals surface area contributed by atoms with E-state index in [1.165, 1.54) is 17.7 Å². The summed E-state index contributed by atoms with van der Waals surface area (Å²) in [7, 11) is 1.64. The lowest BCUT2D eigenvalue weighted by Crippen LogP contribution is -2.30. The van der Waals surface area contributed by atoms with Crippen LogP contribution < -0.4 is 15.5 Å². The number of carbonyl (C=O) groups excluding carboxylic acids is 2. The Kier molecular flexibility index (Phi) is 7.73. The molecule has 0 unspecified atom stereocenters. The third kappa shape index (κ3) is 5.85. The van der Waals surface area contributed by atoms with Crippen molar-refractivity contribution in [1.29, 1.82) is 0 Å². The van der Waals surface area contributed by atoms with E-state index in [-0.39, 0.29) is 23.7 Å². The SMILES string of the molecule is CNC(=O)c1ccccc1-c1ccc(CN2CCCc3cc(C(=O)N[C@@H](C)c4cccc(F)c4)ccc32)cc1. The Hall–Kier alpha value is -4.45. The molecule has 198 valence electrons. The van der Waals surface area contributed by atoms with Crippen LogP contribution in [0, 0.1) is 5.82 Å². The Bertz CT molecular complexity index is 1500. The molecule has 1 aliphatic heterocycles. The maximum atomic E-state index is 13.6. The van der Waals surface area contributed by atoms with Crippen LogP contribution in [0.4, 0.5) is 10.1 Å². The molecule has 5 nitrogen and oxygen atoms in total. The van der Waals surface area contributed by atoms with Crippen molar-refractivity contribution in [3.63, 3.8) is 0 Å². The van der Waals surface area contributed by atoms with Crippen molar-refractivity contribution >= 4 is 17.5 Å². The van der Waals surface area contributed by atoms with Crippen LogP contribution >= 0.6 is 0 Å². The van der Waals surface area contributed by atoms with Crippen molar-refractivity contribution in [2.24, 2.45) is 0 Å². The summed E-state index contributed by atoms with van der Waals surface area (Å²) in [6, 6.07) is 27.9. The lowest BCUT2D eigenvalue weighted by Gasteiger charge is -2.32. The molecule has 0 aromatic heterocycles. The van der Waals surface area contributed by atoms with Crippen molar-refractivity contribution in [2.45, 2.75) is 32.4 Å². The molecule has 2 N–H and O–H groups in total. The fraction of sp³-hybridized carbons (Fsp3) is 0.212. The Morgan fingerprint density at radius 3 is 2.49 bits per heavy atom. The summed E-state index contributed by atoms with van der Waals surface area (Å²) in [5.74, 6) is -0.582. The number of halogens is 1. The highest BCUT2D eigenvalue weighted by molar-refractivity contribution is 6.00. The van der Waals surface area contributed by atoms with E-state index in [0.717, 1.165) is 53.9 Å². The van der Waals surface area contributed by atoms with Gasteiger partial charge < -0.3 is 15.5 Å². The molecule has 4 aromatic carbocycles. The predicted molar refractivity (Wildman–Crippen MR) is 153 cm³/mol. The van der Waals surface area contributed by atoms with Gasteiger partial charge in [0.1, 0.15) is 5.82 Å². The lowest BCUT2D eigenvalue weighted by molar-refractivity contribution is 0.0937. The van der Waals surface area contributed by atoms with E-state index >= 15 is 0 Å². The van der Waals surface area contributed by atoms with Gasteiger partial charge in [0.25, 0.3) is 11.8 Å². The van der Waals surface area contributed by atoms with Crippen molar-refractivity contribution in [1.82, 2.24) is 10.6 Å². The molecule has 1 atom stereocenters. The van der Waals surface area contributed by atoms with E-state index < -0.39 is 0 Å². The minimum absolute atomic E-state index is 0.101. The zero-order chi connectivity index (χ0) is 27.4. The lowest BCUT2D eigenvalue weighted by atomic mass is 9.96. The second-order valence-corrected chi connectivity index (χ2v) is 9.94. The number of nitrogens with zero attached hydrogens (tertiary/aromatic N) is 1. The summed E-state index contributed by atoms with van der Waals surface area (Å²) >= 11 is 0. The van der Waals surface area contributed by atoms with E-state index in [1.54, 1.807) is 13.1 Å². The first kappa shape index (κ1) is 26.2. The molecular weight excluding hydrogens is 489 g/mol. The van der Waals surface area contributed by atoms with E-state index in [4.69, 9.17) is 0 Å². The molecule has 0 fully saturated rings. The van der Waals surface area contributed by atoms with E-state index in [9.17, 15) is 14.0 Å². The molecule has 0 spiro atoms. The summed E-state index contributed by atoms with van der Waals surface area (Å²) in [5.41, 5.74) is 7.38. The number of rotatable bonds is 7. The van der Waals surface area contributed by atoms with Gasteiger partial charge in [0.15, 0.2) is 0 Å². The second kappa shape index (κ2) is 11.5. The smallest absolute Gasteiger partial charge is 0.251 e. The highest BCUT2D eigenvalue weighted by Crippen LogP contribution is 2.31. The van der Waals surface area contributed by atoms with E-state index in [1.807, 2.05) is 55.5 Å². The van der Waals surface area contributed by atoms with Gasteiger partial charge in [-0.3, -0.25) is 9.59 Å². The summed E-state index contributed by atoms with van der Waals surface area (Å²) in [6.45, 7) is 3.55. The summed E-state index contributed by atoms with van der Waals surface area (Å²) in [5, 5.41) is 5.70. The summed E-state index contributed by atoms with van der Waals surface area (Å²) in [6.07, 6.45) is 1.93. The third-order valence-electron chi connectivity index (χ3n) is 7.29. The number of aryl methyl sites for hydroxylation is 1. The van der Waals surface area contributed by atoms with Gasteiger partial charge >= 0.3 is 0 Å². The van der Waals surface area contributed by atoms with Gasteiger partial charge in [0.05, 0.1) is 6.04 Å². The molecule has 0 bridgehead atoms. The van der Waals surface area contributed by atoms with E-state index in [2.05, 4.69) is 39.8 Å². The van der Waals surface area contributed by atoms with Crippen LogP contribution in [0.25, 0.3) is 11.1 Å². The first-order valence-corrected chi connectivity index (χ1v) is 13.3. The molecule has 6 heteroatoms. The largest absolute Gasteiger partial charge is 0.367 e. The molecule has 5 rings (SSSR count). The van der Waals surface area contributed by atoms with Gasteiger partial charge in [-0.2, -0.15) is 0 Å². The van der Waals surface area contributed by atoms with Crippen LogP contribution in [0.2, 0.25) is 0 Å². The number of anilines is 1. The van der Waals surface area contributed by atoms with Crippen LogP contribution in [-0.2, 0) is 13.0 Å². The molecule has 0 aliphatic carbocycles. The quantitative estimate of drug-likeness (QED) is 0.300. The molecule has 0 saturated carbocycles. The van der Waals surface area contributed by atoms with Crippen molar-refractivity contribution in [3.8, 4) is 11.1 Å². The average Bonchev–Trinajstić information content (AvgIpc) is 2.97. The summed E-state index contributed by atoms with van der Waals surface area (Å²) in [4.78, 5) is 27.6. The minimum atomic E-state index is -0.314. The Balaban J connectivity index is 1.29. The monoisotopic (exact) mass is 521 g/mol. The van der Waals surface area contributed by atoms with Crippen molar-refractivity contribution < 1.29 is 14.0 Å². The first-order valence-electron chi connectivity index (χ1n) is 13.3. The molecule has 4 aromatic rings. The van der Waals surface area contributed by atoms with Crippen LogP contribution in [0.3, 0.4) is 0 Å². The van der Waals surface area contributed by atoms with Crippen LogP contribution in [0.1, 0.15) is 56.8 Å². The van der Waals surface area contributed by atoms with Crippen molar-refractivity contribution in [3.05, 3.63) is 125 Å². The Labute approximate surface area is 228 Å². The van der Waals surface area contributed by atoms with Gasteiger partial charge in [-0.05, 0) is 84.0 Å². The molecule has 39 heavy (non-hydrogen) atoms. The van der Waals surface area contributed by atoms with Gasteiger partial charge in [-0.25, -0.2) is 4.39 Å². The fourth-order valence-corrected chi connectivity index (χ4v) is 5.20. The number of benzene rings is 4. The Morgan fingerprint density at radius 2 is 1.72 bits per heavy atom. The number of carbonyl (C=O) groups is 2. The normalized spacial score (nSPS) is 13.4. The third-order valence-corrected chi connectivity index (χ3v) is 7.29. The maximum absolute atomic E-state index is 13.6. The Morgan fingerprint density at radius 1 is 0.923 bits per heavy atom. The minimum Gasteiger partial charge on any atom is -0.367 e. The first-order chi connectivity index (χ1) is 18.9. The molecule has 0 saturated heterocycles. The zero-order valence-corrected chi connectivity index (χ0v) is 22.2. The molecule has 1 heterocycles. The molecule has 2 amide bonds. The van der Waals surface area contributed by atoms with Crippen LogP contribution in [0.15, 0.2) is 91.0 Å². The highest BCUT2D eigenvalue weighted by Gasteiger charge is 2.20. The van der Waals surface area contributed by atoms with Crippen LogP contribution in [0.5, 0.6) is 0 Å². The van der Waals surface area contributed by atoms with Gasteiger partial charge in [0, 0.05) is 37.0 Å². The molecular formula is C33H32FN3O2. The number of fused-ring (bicyclic) bond motifs is 1. The fourth-order valence-electron chi connectivity index (χ4n) is 5.20. The van der Waals surface area contributed by atoms with Gasteiger partial charge in [-0.15, -0.1) is 0 Å². The van der Waals surface area contributed by atoms with Crippen LogP contribution in [-0.4, -0.2) is 25.4 Å². The second-order valence-electron chi connectivity index (χ2n) is 9.94. The number of nitrogens with one attached hydrogen (secondary N) is 2. The van der Waals surface area contributed by atoms with Gasteiger partial charge in [0.2, 0.25) is 0 Å². The highest BCUT2D eigenvalue weighted by atomic mass is 19.1. The van der Waals surface area contributed by atoms with E-state index in [0.29, 0.717) is 11.1 Å². The topological polar surface area (TPSA) is 61.4 Å². The standard InChI is InChI=1S/C33H32FN3O2/c1-22(25-7-5-9-28(34)20-25)36-32(38)27-16-17-31-26(19-27)8-6-18-37(31)21-23-12-14-24(15-13-23)29-10-3-4-11-30(29)33(39)35-2/h3-5,7,9-17,19-20,22H,6,8,18,21H2,1-2H3,(H,35,39)(H,36,38)/t22-/m0/s1. The number of hydrogen-bond donors (Lipinski definition) is 2. The number of amides is 2. The number of hydrogen-bond acceptors (Lipinski definition) is 3. The molecule has 0 radical (unpaired) electrons. The molecule has 1 aliphatic rings. The average molecular weight is 522 g/mol. The predicted octanol–water partition coefficient (Wildman–Crippen LogP) is 6.30. The zero-order valence-electron chi connectivity index (χ0n) is 22.2. The van der Waals surface area contributed by atoms with Crippen molar-refractivity contribution in [2.75, 3.05) is 18.5 Å². The summed E-state index contributed by atoms with van der Waals surface area (Å²) < 4.78 is 13.6. The van der Waals surface area contributed by atoms with Gasteiger partial charge in [-0.1, -0.05) is 54.6 Å². The maximum Gasteiger partial charge on any atom is 0.251 e.